The first-order chi connectivity index (χ1) is 10.8. The average molecular weight is 294 g/mol. The molecule has 0 spiro atoms. The molecule has 0 bridgehead atoms. The molecule has 110 valence electrons. The second-order valence-electron chi connectivity index (χ2n) is 6.40. The van der Waals surface area contributed by atoms with Crippen LogP contribution in [0.25, 0.3) is 5.65 Å². The Labute approximate surface area is 127 Å². The SMILES string of the molecule is Fc1cccc(C2(c3nnc4c(C5CC5)nccn34)CC2)c1. The highest BCUT2D eigenvalue weighted by atomic mass is 19.1. The van der Waals surface area contributed by atoms with Gasteiger partial charge in [-0.1, -0.05) is 12.1 Å². The summed E-state index contributed by atoms with van der Waals surface area (Å²) in [5.41, 5.74) is 2.72. The van der Waals surface area contributed by atoms with E-state index in [0.717, 1.165) is 35.6 Å². The van der Waals surface area contributed by atoms with E-state index >= 15 is 0 Å². The summed E-state index contributed by atoms with van der Waals surface area (Å²) in [5, 5.41) is 8.85. The Morgan fingerprint density at radius 1 is 1.18 bits per heavy atom. The summed E-state index contributed by atoms with van der Waals surface area (Å²) in [6, 6.07) is 6.86. The first-order valence-electron chi connectivity index (χ1n) is 7.74. The summed E-state index contributed by atoms with van der Waals surface area (Å²) in [5.74, 6) is 1.25. The first kappa shape index (κ1) is 12.3. The molecule has 5 rings (SSSR count). The molecule has 22 heavy (non-hydrogen) atoms. The van der Waals surface area contributed by atoms with E-state index in [1.54, 1.807) is 12.1 Å². The maximum atomic E-state index is 13.6. The Hall–Kier alpha value is -2.30. The number of aromatic nitrogens is 4. The van der Waals surface area contributed by atoms with Crippen LogP contribution >= 0.6 is 0 Å². The summed E-state index contributed by atoms with van der Waals surface area (Å²) < 4.78 is 15.7. The van der Waals surface area contributed by atoms with Gasteiger partial charge < -0.3 is 0 Å². The van der Waals surface area contributed by atoms with Crippen LogP contribution in [0, 0.1) is 5.82 Å². The van der Waals surface area contributed by atoms with Crippen LogP contribution in [0.15, 0.2) is 36.7 Å². The van der Waals surface area contributed by atoms with Crippen molar-refractivity contribution in [1.29, 1.82) is 0 Å². The van der Waals surface area contributed by atoms with Crippen molar-refractivity contribution in [3.05, 3.63) is 59.6 Å². The third-order valence-electron chi connectivity index (χ3n) is 4.87. The van der Waals surface area contributed by atoms with E-state index in [1.165, 1.54) is 18.9 Å². The number of benzene rings is 1. The van der Waals surface area contributed by atoms with Crippen LogP contribution < -0.4 is 0 Å². The van der Waals surface area contributed by atoms with E-state index in [1.807, 2.05) is 18.5 Å². The summed E-state index contributed by atoms with van der Waals surface area (Å²) >= 11 is 0. The van der Waals surface area contributed by atoms with Crippen molar-refractivity contribution in [2.45, 2.75) is 37.0 Å². The van der Waals surface area contributed by atoms with Crippen molar-refractivity contribution in [2.75, 3.05) is 0 Å². The van der Waals surface area contributed by atoms with Crippen molar-refractivity contribution in [3.63, 3.8) is 0 Å². The summed E-state index contributed by atoms with van der Waals surface area (Å²) in [6.45, 7) is 0. The van der Waals surface area contributed by atoms with Crippen molar-refractivity contribution >= 4 is 5.65 Å². The smallest absolute Gasteiger partial charge is 0.182 e. The maximum absolute atomic E-state index is 13.6. The normalized spacial score (nSPS) is 19.5. The fourth-order valence-electron chi connectivity index (χ4n) is 3.37. The molecule has 1 aromatic carbocycles. The van der Waals surface area contributed by atoms with E-state index in [0.29, 0.717) is 5.92 Å². The molecule has 3 aromatic rings. The molecule has 0 atom stereocenters. The zero-order valence-corrected chi connectivity index (χ0v) is 12.0. The predicted octanol–water partition coefficient (Wildman–Crippen LogP) is 3.22. The van der Waals surface area contributed by atoms with Gasteiger partial charge in [0, 0.05) is 18.3 Å². The fraction of sp³-hybridized carbons (Fsp3) is 0.353. The largest absolute Gasteiger partial charge is 0.283 e. The molecule has 2 aromatic heterocycles. The van der Waals surface area contributed by atoms with Crippen molar-refractivity contribution < 1.29 is 4.39 Å². The standard InChI is InChI=1S/C17H15FN4/c18-13-3-1-2-12(10-13)17(6-7-17)16-21-20-15-14(11-4-5-11)19-8-9-22(15)16/h1-3,8-11H,4-7H2. The summed E-state index contributed by atoms with van der Waals surface area (Å²) in [4.78, 5) is 4.49. The number of hydrogen-bond donors (Lipinski definition) is 0. The van der Waals surface area contributed by atoms with Crippen molar-refractivity contribution in [2.24, 2.45) is 0 Å². The van der Waals surface area contributed by atoms with Gasteiger partial charge in [0.05, 0.1) is 11.1 Å². The molecule has 0 amide bonds. The van der Waals surface area contributed by atoms with Gasteiger partial charge in [-0.25, -0.2) is 4.39 Å². The number of nitrogens with zero attached hydrogens (tertiary/aromatic N) is 4. The van der Waals surface area contributed by atoms with Gasteiger partial charge in [-0.05, 0) is 43.4 Å². The Morgan fingerprint density at radius 2 is 2.05 bits per heavy atom. The lowest BCUT2D eigenvalue weighted by atomic mass is 9.95. The van der Waals surface area contributed by atoms with Crippen LogP contribution in [-0.2, 0) is 5.41 Å². The van der Waals surface area contributed by atoms with Crippen LogP contribution in [0.2, 0.25) is 0 Å². The third kappa shape index (κ3) is 1.65. The minimum atomic E-state index is -0.196. The van der Waals surface area contributed by atoms with E-state index < -0.39 is 0 Å². The Bertz CT molecular complexity index is 877. The number of rotatable bonds is 3. The van der Waals surface area contributed by atoms with Gasteiger partial charge in [-0.2, -0.15) is 0 Å². The number of hydrogen-bond acceptors (Lipinski definition) is 3. The molecule has 2 heterocycles. The minimum absolute atomic E-state index is 0.191. The molecule has 2 fully saturated rings. The summed E-state index contributed by atoms with van der Waals surface area (Å²) in [6.07, 6.45) is 8.09. The monoisotopic (exact) mass is 294 g/mol. The number of halogens is 1. The zero-order chi connectivity index (χ0) is 14.7. The second-order valence-corrected chi connectivity index (χ2v) is 6.40. The molecule has 2 aliphatic rings. The first-order valence-corrected chi connectivity index (χ1v) is 7.74. The van der Waals surface area contributed by atoms with Gasteiger partial charge in [-0.3, -0.25) is 9.38 Å². The Morgan fingerprint density at radius 3 is 2.77 bits per heavy atom. The molecule has 0 N–H and O–H groups in total. The average Bonchev–Trinajstić information content (AvgIpc) is 3.45. The molecular weight excluding hydrogens is 279 g/mol. The van der Waals surface area contributed by atoms with Gasteiger partial charge in [-0.15, -0.1) is 10.2 Å². The fourth-order valence-corrected chi connectivity index (χ4v) is 3.37. The Balaban J connectivity index is 1.69. The van der Waals surface area contributed by atoms with E-state index in [4.69, 9.17) is 0 Å². The molecule has 0 unspecified atom stereocenters. The molecule has 0 saturated heterocycles. The van der Waals surface area contributed by atoms with Crippen LogP contribution in [-0.4, -0.2) is 19.6 Å². The quantitative estimate of drug-likeness (QED) is 0.745. The molecule has 4 nitrogen and oxygen atoms in total. The molecule has 2 saturated carbocycles. The van der Waals surface area contributed by atoms with E-state index in [-0.39, 0.29) is 11.2 Å². The molecule has 2 aliphatic carbocycles. The van der Waals surface area contributed by atoms with Crippen LogP contribution in [0.3, 0.4) is 0 Å². The second kappa shape index (κ2) is 4.12. The van der Waals surface area contributed by atoms with Crippen LogP contribution in [0.4, 0.5) is 4.39 Å². The van der Waals surface area contributed by atoms with Gasteiger partial charge >= 0.3 is 0 Å². The van der Waals surface area contributed by atoms with Gasteiger partial charge in [0.1, 0.15) is 11.6 Å². The van der Waals surface area contributed by atoms with Gasteiger partial charge in [0.15, 0.2) is 5.65 Å². The van der Waals surface area contributed by atoms with Gasteiger partial charge in [0.2, 0.25) is 0 Å². The highest BCUT2D eigenvalue weighted by Crippen LogP contribution is 2.53. The van der Waals surface area contributed by atoms with Crippen molar-refractivity contribution in [1.82, 2.24) is 19.6 Å². The molecule has 0 radical (unpaired) electrons. The highest BCUT2D eigenvalue weighted by Gasteiger charge is 2.50. The zero-order valence-electron chi connectivity index (χ0n) is 12.0. The maximum Gasteiger partial charge on any atom is 0.182 e. The van der Waals surface area contributed by atoms with Crippen molar-refractivity contribution in [3.8, 4) is 0 Å². The van der Waals surface area contributed by atoms with Crippen LogP contribution in [0.1, 0.15) is 48.7 Å². The lowest BCUT2D eigenvalue weighted by molar-refractivity contribution is 0.620. The van der Waals surface area contributed by atoms with E-state index in [2.05, 4.69) is 19.6 Å². The topological polar surface area (TPSA) is 43.1 Å². The predicted molar refractivity (Wildman–Crippen MR) is 79.2 cm³/mol. The minimum Gasteiger partial charge on any atom is -0.283 e. The lowest BCUT2D eigenvalue weighted by Crippen LogP contribution is -2.14. The Kier molecular flexibility index (Phi) is 2.30. The number of fused-ring (bicyclic) bond motifs is 1. The molecule has 0 aliphatic heterocycles. The molecular formula is C17H15FN4. The van der Waals surface area contributed by atoms with Crippen LogP contribution in [0.5, 0.6) is 0 Å². The van der Waals surface area contributed by atoms with E-state index in [9.17, 15) is 4.39 Å². The van der Waals surface area contributed by atoms with Gasteiger partial charge in [0.25, 0.3) is 0 Å². The molecule has 5 heteroatoms. The summed E-state index contributed by atoms with van der Waals surface area (Å²) in [7, 11) is 0. The highest BCUT2D eigenvalue weighted by molar-refractivity contribution is 5.50. The third-order valence-corrected chi connectivity index (χ3v) is 4.87. The lowest BCUT2D eigenvalue weighted by Gasteiger charge is -2.14.